The van der Waals surface area contributed by atoms with E-state index in [2.05, 4.69) is 0 Å². The average Bonchev–Trinajstić information content (AvgIpc) is 2.91. The number of halogens is 1. The van der Waals surface area contributed by atoms with Crippen molar-refractivity contribution in [1.29, 1.82) is 0 Å². The summed E-state index contributed by atoms with van der Waals surface area (Å²) in [5, 5.41) is 10.6. The average molecular weight is 276 g/mol. The van der Waals surface area contributed by atoms with Gasteiger partial charge in [0.1, 0.15) is 11.3 Å². The van der Waals surface area contributed by atoms with Gasteiger partial charge in [0, 0.05) is 23.5 Å². The van der Waals surface area contributed by atoms with Gasteiger partial charge in [0.2, 0.25) is 0 Å². The maximum atomic E-state index is 11.0. The Balaban J connectivity index is 2.16. The highest BCUT2D eigenvalue weighted by atomic mass is 35.5. The highest BCUT2D eigenvalue weighted by Crippen LogP contribution is 2.30. The maximum Gasteiger partial charge on any atom is 0.352 e. The number of aromatic nitrogens is 1. The van der Waals surface area contributed by atoms with E-state index in [1.165, 1.54) is 0 Å². The zero-order valence-corrected chi connectivity index (χ0v) is 10.8. The van der Waals surface area contributed by atoms with Gasteiger partial charge in [-0.25, -0.2) is 4.79 Å². The largest absolute Gasteiger partial charge is 0.477 e. The van der Waals surface area contributed by atoms with E-state index < -0.39 is 5.97 Å². The van der Waals surface area contributed by atoms with Gasteiger partial charge in [0.25, 0.3) is 0 Å². The van der Waals surface area contributed by atoms with Crippen LogP contribution >= 0.6 is 11.6 Å². The number of carboxylic acid groups (broad SMARTS) is 1. The zero-order chi connectivity index (χ0) is 13.6. The first-order valence-corrected chi connectivity index (χ1v) is 6.02. The van der Waals surface area contributed by atoms with Crippen molar-refractivity contribution in [2.45, 2.75) is 0 Å². The van der Waals surface area contributed by atoms with Crippen LogP contribution in [-0.2, 0) is 7.05 Å². The van der Waals surface area contributed by atoms with Gasteiger partial charge in [-0.3, -0.25) is 0 Å². The van der Waals surface area contributed by atoms with Gasteiger partial charge < -0.3 is 14.1 Å². The quantitative estimate of drug-likeness (QED) is 0.774. The van der Waals surface area contributed by atoms with Crippen molar-refractivity contribution >= 4 is 28.5 Å². The van der Waals surface area contributed by atoms with Crippen LogP contribution < -0.4 is 0 Å². The Morgan fingerprint density at radius 2 is 2.05 bits per heavy atom. The van der Waals surface area contributed by atoms with Gasteiger partial charge >= 0.3 is 5.97 Å². The van der Waals surface area contributed by atoms with Gasteiger partial charge in [-0.1, -0.05) is 11.6 Å². The van der Waals surface area contributed by atoms with Crippen molar-refractivity contribution in [3.63, 3.8) is 0 Å². The minimum absolute atomic E-state index is 0.216. The molecule has 0 aliphatic carbocycles. The molecule has 3 rings (SSSR count). The molecule has 0 aliphatic heterocycles. The molecule has 0 atom stereocenters. The Bertz CT molecular complexity index is 785. The summed E-state index contributed by atoms with van der Waals surface area (Å²) >= 11 is 5.91. The van der Waals surface area contributed by atoms with Gasteiger partial charge in [0.15, 0.2) is 5.76 Å². The molecule has 0 fully saturated rings. The summed E-state index contributed by atoms with van der Waals surface area (Å²) in [7, 11) is 1.69. The third-order valence-electron chi connectivity index (χ3n) is 3.08. The lowest BCUT2D eigenvalue weighted by atomic mass is 10.2. The summed E-state index contributed by atoms with van der Waals surface area (Å²) in [5.41, 5.74) is 1.61. The molecule has 5 heteroatoms. The molecule has 0 saturated carbocycles. The van der Waals surface area contributed by atoms with Crippen LogP contribution in [0.15, 0.2) is 40.8 Å². The first-order chi connectivity index (χ1) is 9.06. The number of hydrogen-bond acceptors (Lipinski definition) is 2. The summed E-state index contributed by atoms with van der Waals surface area (Å²) in [6.45, 7) is 0. The standard InChI is InChI=1S/C14H10ClNO3/c1-16-10(4-5-11(16)14(17)18)13-6-8-2-3-9(15)7-12(8)19-13/h2-7H,1H3,(H,17,18). The van der Waals surface area contributed by atoms with Gasteiger partial charge in [-0.15, -0.1) is 0 Å². The maximum absolute atomic E-state index is 11.0. The molecule has 1 N–H and O–H groups in total. The van der Waals surface area contributed by atoms with Crippen LogP contribution in [0.25, 0.3) is 22.4 Å². The number of carbonyl (C=O) groups is 1. The number of aromatic carboxylic acids is 1. The Hall–Kier alpha value is -2.20. The predicted octanol–water partition coefficient (Wildman–Crippen LogP) is 3.79. The molecule has 0 bridgehead atoms. The minimum atomic E-state index is -0.965. The number of benzene rings is 1. The summed E-state index contributed by atoms with van der Waals surface area (Å²) in [4.78, 5) is 11.0. The summed E-state index contributed by atoms with van der Waals surface area (Å²) in [6, 6.07) is 10.5. The molecule has 0 radical (unpaired) electrons. The van der Waals surface area contributed by atoms with E-state index in [9.17, 15) is 4.79 Å². The van der Waals surface area contributed by atoms with E-state index in [-0.39, 0.29) is 5.69 Å². The summed E-state index contributed by atoms with van der Waals surface area (Å²) in [6.07, 6.45) is 0. The second kappa shape index (κ2) is 4.17. The molecule has 0 spiro atoms. The van der Waals surface area contributed by atoms with E-state index >= 15 is 0 Å². The SMILES string of the molecule is Cn1c(C(=O)O)ccc1-c1cc2ccc(Cl)cc2o1. The number of carboxylic acids is 1. The van der Waals surface area contributed by atoms with Crippen molar-refractivity contribution in [1.82, 2.24) is 4.57 Å². The van der Waals surface area contributed by atoms with Crippen molar-refractivity contribution in [3.05, 3.63) is 47.1 Å². The summed E-state index contributed by atoms with van der Waals surface area (Å²) < 4.78 is 7.30. The second-order valence-corrected chi connectivity index (χ2v) is 4.70. The lowest BCUT2D eigenvalue weighted by Gasteiger charge is -2.01. The van der Waals surface area contributed by atoms with E-state index in [0.29, 0.717) is 22.1 Å². The van der Waals surface area contributed by atoms with Crippen LogP contribution in [0.2, 0.25) is 5.02 Å². The minimum Gasteiger partial charge on any atom is -0.477 e. The highest BCUT2D eigenvalue weighted by molar-refractivity contribution is 6.31. The fourth-order valence-electron chi connectivity index (χ4n) is 2.10. The van der Waals surface area contributed by atoms with Gasteiger partial charge in [-0.05, 0) is 30.3 Å². The Labute approximate surface area is 113 Å². The normalized spacial score (nSPS) is 11.1. The Morgan fingerprint density at radius 3 is 2.74 bits per heavy atom. The van der Waals surface area contributed by atoms with Gasteiger partial charge in [-0.2, -0.15) is 0 Å². The smallest absolute Gasteiger partial charge is 0.352 e. The molecule has 1 aromatic carbocycles. The predicted molar refractivity (Wildman–Crippen MR) is 72.6 cm³/mol. The molecular weight excluding hydrogens is 266 g/mol. The molecule has 0 saturated heterocycles. The number of nitrogens with zero attached hydrogens (tertiary/aromatic N) is 1. The van der Waals surface area contributed by atoms with Crippen LogP contribution in [0.4, 0.5) is 0 Å². The monoisotopic (exact) mass is 275 g/mol. The zero-order valence-electron chi connectivity index (χ0n) is 10.1. The molecule has 96 valence electrons. The first kappa shape index (κ1) is 11.9. The second-order valence-electron chi connectivity index (χ2n) is 4.26. The fourth-order valence-corrected chi connectivity index (χ4v) is 2.27. The van der Waals surface area contributed by atoms with Crippen LogP contribution in [0.3, 0.4) is 0 Å². The number of furan rings is 1. The number of fused-ring (bicyclic) bond motifs is 1. The van der Waals surface area contributed by atoms with Crippen molar-refractivity contribution in [2.24, 2.45) is 7.05 Å². The van der Waals surface area contributed by atoms with E-state index in [1.807, 2.05) is 12.1 Å². The van der Waals surface area contributed by atoms with E-state index in [4.69, 9.17) is 21.1 Å². The molecule has 0 amide bonds. The lowest BCUT2D eigenvalue weighted by Crippen LogP contribution is -2.04. The van der Waals surface area contributed by atoms with E-state index in [0.717, 1.165) is 5.39 Å². The van der Waals surface area contributed by atoms with Crippen molar-refractivity contribution in [2.75, 3.05) is 0 Å². The van der Waals surface area contributed by atoms with E-state index in [1.54, 1.807) is 35.9 Å². The third kappa shape index (κ3) is 1.90. The first-order valence-electron chi connectivity index (χ1n) is 5.65. The van der Waals surface area contributed by atoms with Gasteiger partial charge in [0.05, 0.1) is 5.69 Å². The fraction of sp³-hybridized carbons (Fsp3) is 0.0714. The molecule has 2 aromatic heterocycles. The summed E-state index contributed by atoms with van der Waals surface area (Å²) in [5.74, 6) is -0.347. The van der Waals surface area contributed by atoms with Crippen LogP contribution in [0, 0.1) is 0 Å². The molecule has 19 heavy (non-hydrogen) atoms. The molecular formula is C14H10ClNO3. The molecule has 2 heterocycles. The van der Waals surface area contributed by atoms with Crippen LogP contribution in [-0.4, -0.2) is 15.6 Å². The Morgan fingerprint density at radius 1 is 1.26 bits per heavy atom. The lowest BCUT2D eigenvalue weighted by molar-refractivity contribution is 0.0687. The molecule has 0 unspecified atom stereocenters. The third-order valence-corrected chi connectivity index (χ3v) is 3.31. The van der Waals surface area contributed by atoms with Crippen LogP contribution in [0.5, 0.6) is 0 Å². The van der Waals surface area contributed by atoms with Crippen molar-refractivity contribution < 1.29 is 14.3 Å². The highest BCUT2D eigenvalue weighted by Gasteiger charge is 2.15. The molecule has 3 aromatic rings. The van der Waals surface area contributed by atoms with Crippen LogP contribution in [0.1, 0.15) is 10.5 Å². The Kier molecular flexibility index (Phi) is 2.61. The molecule has 0 aliphatic rings. The molecule has 4 nitrogen and oxygen atoms in total. The number of hydrogen-bond donors (Lipinski definition) is 1. The van der Waals surface area contributed by atoms with Crippen molar-refractivity contribution in [3.8, 4) is 11.5 Å². The topological polar surface area (TPSA) is 55.4 Å². The number of rotatable bonds is 2.